The Bertz CT molecular complexity index is 812. The topological polar surface area (TPSA) is 40.1 Å². The quantitative estimate of drug-likeness (QED) is 0.229. The molecule has 0 fully saturated rings. The number of hydrogen-bond acceptors (Lipinski definition) is 2. The summed E-state index contributed by atoms with van der Waals surface area (Å²) in [6.07, 6.45) is -11.8. The minimum absolute atomic E-state index is 0. The Morgan fingerprint density at radius 2 is 0.611 bits per heavy atom. The molecule has 0 aliphatic rings. The number of rotatable bonds is 10. The molecule has 0 saturated carbocycles. The van der Waals surface area contributed by atoms with E-state index in [1.807, 2.05) is 0 Å². The maximum absolute atomic E-state index is 13.3. The van der Waals surface area contributed by atoms with E-state index >= 15 is 0 Å². The fourth-order valence-corrected chi connectivity index (χ4v) is 1.88. The number of carbonyl (C=O) groups is 1. The maximum Gasteiger partial charge on any atom is 1.00 e. The molecule has 0 bridgehead atoms. The largest absolute Gasteiger partial charge is 1.00 e. The predicted octanol–water partition coefficient (Wildman–Crippen LogP) is 5.40. The van der Waals surface area contributed by atoms with Crippen LogP contribution < -0.4 is 5.11 Å². The van der Waals surface area contributed by atoms with Crippen molar-refractivity contribution in [2.75, 3.05) is 0 Å². The van der Waals surface area contributed by atoms with Gasteiger partial charge in [-0.2, -0.15) is 92.2 Å². The summed E-state index contributed by atoms with van der Waals surface area (Å²) in [5.74, 6) is -81.9. The molecule has 36 heavy (non-hydrogen) atoms. The van der Waals surface area contributed by atoms with Crippen LogP contribution in [-0.4, -0.2) is 65.4 Å². The van der Waals surface area contributed by atoms with Gasteiger partial charge < -0.3 is 9.90 Å². The van der Waals surface area contributed by atoms with E-state index < -0.39 is 71.9 Å². The third-order valence-corrected chi connectivity index (χ3v) is 3.94. The Hall–Kier alpha value is -1.26. The fourth-order valence-electron chi connectivity index (χ4n) is 1.88. The molecule has 0 rings (SSSR count). The van der Waals surface area contributed by atoms with Gasteiger partial charge in [-0.15, -0.1) is 0 Å². The van der Waals surface area contributed by atoms with Gasteiger partial charge in [-0.25, -0.2) is 0 Å². The summed E-state index contributed by atoms with van der Waals surface area (Å²) >= 11 is 0. The molecule has 0 heterocycles. The van der Waals surface area contributed by atoms with Gasteiger partial charge in [0, 0.05) is 5.97 Å². The van der Waals surface area contributed by atoms with Crippen LogP contribution in [0.15, 0.2) is 0 Å². The van der Waals surface area contributed by atoms with E-state index in [9.17, 15) is 102 Å². The molecule has 0 amide bonds. The van der Waals surface area contributed by atoms with Gasteiger partial charge in [-0.1, -0.05) is 0 Å². The molecule has 0 aliphatic heterocycles. The van der Waals surface area contributed by atoms with Crippen molar-refractivity contribution in [1.82, 2.24) is 0 Å². The predicted molar refractivity (Wildman–Crippen MR) is 60.2 cm³/mol. The monoisotopic (exact) mass is 684 g/mol. The average Bonchev–Trinajstić information content (AvgIpc) is 2.58. The second kappa shape index (κ2) is 9.19. The Balaban J connectivity index is 0. The van der Waals surface area contributed by atoms with Crippen molar-refractivity contribution in [1.29, 1.82) is 0 Å². The Kier molecular flexibility index (Phi) is 9.42. The maximum atomic E-state index is 13.3. The van der Waals surface area contributed by atoms with Gasteiger partial charge in [0.1, 0.15) is 0 Å². The van der Waals surface area contributed by atoms with Crippen molar-refractivity contribution in [3.63, 3.8) is 0 Å². The van der Waals surface area contributed by atoms with Gasteiger partial charge in [0.15, 0.2) is 0 Å². The number of carboxylic acids is 1. The van der Waals surface area contributed by atoms with Crippen molar-refractivity contribution >= 4 is 5.97 Å². The molecule has 0 N–H and O–H groups in total. The van der Waals surface area contributed by atoms with E-state index in [0.29, 0.717) is 0 Å². The van der Waals surface area contributed by atoms with E-state index in [4.69, 9.17) is 0 Å². The third kappa shape index (κ3) is 4.59. The summed E-state index contributed by atoms with van der Waals surface area (Å²) in [6.45, 7) is 0. The number of carbonyl (C=O) groups excluding carboxylic acids is 1. The summed E-state index contributed by atoms with van der Waals surface area (Å²) in [6, 6.07) is 0. The number of carboxylic acid groups (broad SMARTS) is 1. The first kappa shape index (κ1) is 36.9. The summed E-state index contributed by atoms with van der Waals surface area (Å²) in [5.41, 5.74) is 0. The van der Waals surface area contributed by atoms with Crippen LogP contribution in [0.4, 0.5) is 92.2 Å². The summed E-state index contributed by atoms with van der Waals surface area (Å²) in [4.78, 5) is 9.84. The SMILES string of the molecule is O=C([O-])CC(F)(F)C(F)(F)C(F)(F)C(F)(F)C(F)(F)C(F)(F)C(F)(F)C(F)(F)C(F)(F)C(F)(F)F.[Ag+]. The van der Waals surface area contributed by atoms with Gasteiger partial charge in [-0.05, 0) is 0 Å². The van der Waals surface area contributed by atoms with Crippen LogP contribution in [0.3, 0.4) is 0 Å². The van der Waals surface area contributed by atoms with Crippen LogP contribution in [0, 0.1) is 0 Å². The first-order chi connectivity index (χ1) is 14.7. The standard InChI is InChI=1S/C12H3F21O2.Ag/c13-3(14,1-2(34)35)4(15,16)5(17,18)6(19,20)7(21,22)8(23,24)9(25,26)10(27,28)11(29,30)12(31,32)33;/h1H2,(H,34,35);/q;+1/p-1. The number of halogens is 21. The summed E-state index contributed by atoms with van der Waals surface area (Å²) in [7, 11) is 0. The molecular formula is C12H2AgF21O2. The van der Waals surface area contributed by atoms with E-state index in [1.165, 1.54) is 0 Å². The summed E-state index contributed by atoms with van der Waals surface area (Å²) < 4.78 is 272. The molecule has 0 aromatic rings. The Morgan fingerprint density at radius 3 is 0.806 bits per heavy atom. The van der Waals surface area contributed by atoms with Crippen molar-refractivity contribution in [3.8, 4) is 0 Å². The molecular weight excluding hydrogens is 683 g/mol. The van der Waals surface area contributed by atoms with Crippen molar-refractivity contribution in [3.05, 3.63) is 0 Å². The normalized spacial score (nSPS) is 16.0. The van der Waals surface area contributed by atoms with E-state index in [-0.39, 0.29) is 22.4 Å². The van der Waals surface area contributed by atoms with Crippen LogP contribution in [0.2, 0.25) is 0 Å². The first-order valence-corrected chi connectivity index (χ1v) is 7.33. The molecule has 0 aliphatic carbocycles. The molecule has 0 radical (unpaired) electrons. The number of aliphatic carboxylic acids is 1. The molecule has 0 atom stereocenters. The van der Waals surface area contributed by atoms with E-state index in [0.717, 1.165) is 0 Å². The van der Waals surface area contributed by atoms with Crippen LogP contribution in [-0.2, 0) is 27.2 Å². The molecule has 0 aromatic heterocycles. The van der Waals surface area contributed by atoms with Crippen LogP contribution in [0.5, 0.6) is 0 Å². The molecule has 0 saturated heterocycles. The third-order valence-electron chi connectivity index (χ3n) is 3.94. The number of alkyl halides is 21. The van der Waals surface area contributed by atoms with Crippen LogP contribution in [0.1, 0.15) is 6.42 Å². The van der Waals surface area contributed by atoms with Gasteiger partial charge in [0.25, 0.3) is 0 Å². The van der Waals surface area contributed by atoms with Crippen LogP contribution >= 0.6 is 0 Å². The van der Waals surface area contributed by atoms with Crippen molar-refractivity contribution < 1.29 is 124 Å². The van der Waals surface area contributed by atoms with Crippen LogP contribution in [0.25, 0.3) is 0 Å². The van der Waals surface area contributed by atoms with Gasteiger partial charge >= 0.3 is 81.9 Å². The molecule has 0 spiro atoms. The molecule has 0 unspecified atom stereocenters. The minimum atomic E-state index is -9.26. The zero-order valence-electron chi connectivity index (χ0n) is 15.3. The second-order valence-electron chi connectivity index (χ2n) is 6.35. The van der Waals surface area contributed by atoms with Crippen molar-refractivity contribution in [2.45, 2.75) is 65.9 Å². The Labute approximate surface area is 197 Å². The van der Waals surface area contributed by atoms with E-state index in [1.54, 1.807) is 0 Å². The Morgan fingerprint density at radius 1 is 0.417 bits per heavy atom. The zero-order chi connectivity index (χ0) is 29.3. The van der Waals surface area contributed by atoms with Crippen molar-refractivity contribution in [2.24, 2.45) is 0 Å². The van der Waals surface area contributed by atoms with E-state index in [2.05, 4.69) is 0 Å². The van der Waals surface area contributed by atoms with Gasteiger partial charge in [-0.3, -0.25) is 0 Å². The average molecular weight is 685 g/mol. The second-order valence-corrected chi connectivity index (χ2v) is 6.35. The van der Waals surface area contributed by atoms with Gasteiger partial charge in [0.05, 0.1) is 6.42 Å². The molecule has 24 heteroatoms. The smallest absolute Gasteiger partial charge is 0.550 e. The molecule has 220 valence electrons. The molecule has 2 nitrogen and oxygen atoms in total. The first-order valence-electron chi connectivity index (χ1n) is 7.33. The summed E-state index contributed by atoms with van der Waals surface area (Å²) in [5, 5.41) is 9.84. The minimum Gasteiger partial charge on any atom is -0.550 e. The zero-order valence-corrected chi connectivity index (χ0v) is 16.7. The fraction of sp³-hybridized carbons (Fsp3) is 0.917. The number of hydrogen-bond donors (Lipinski definition) is 0. The van der Waals surface area contributed by atoms with Gasteiger partial charge in [0.2, 0.25) is 0 Å². The molecule has 0 aromatic carbocycles.